The second-order valence-electron chi connectivity index (χ2n) is 4.96. The van der Waals surface area contributed by atoms with Crippen LogP contribution in [-0.4, -0.2) is 35.0 Å². The number of carbonyl (C=O) groups excluding carboxylic acids is 1. The molecule has 0 aliphatic heterocycles. The summed E-state index contributed by atoms with van der Waals surface area (Å²) in [5.41, 5.74) is 1.07. The molecule has 0 N–H and O–H groups in total. The van der Waals surface area contributed by atoms with E-state index >= 15 is 0 Å². The van der Waals surface area contributed by atoms with Crippen LogP contribution in [0.5, 0.6) is 11.5 Å². The van der Waals surface area contributed by atoms with Crippen molar-refractivity contribution in [1.29, 1.82) is 0 Å². The topological polar surface area (TPSA) is 66.2 Å². The molecule has 1 aromatic carbocycles. The molecule has 0 amide bonds. The van der Waals surface area contributed by atoms with Crippen LogP contribution in [0.25, 0.3) is 6.08 Å². The van der Waals surface area contributed by atoms with Crippen molar-refractivity contribution in [2.45, 2.75) is 19.9 Å². The van der Waals surface area contributed by atoms with Crippen molar-refractivity contribution >= 4 is 11.9 Å². The number of hydrogen-bond donors (Lipinski definition) is 0. The zero-order valence-electron chi connectivity index (χ0n) is 13.1. The van der Waals surface area contributed by atoms with Crippen molar-refractivity contribution < 1.29 is 14.3 Å². The van der Waals surface area contributed by atoms with Gasteiger partial charge in [-0.05, 0) is 32.1 Å². The highest BCUT2D eigenvalue weighted by atomic mass is 16.5. The van der Waals surface area contributed by atoms with Crippen molar-refractivity contribution in [1.82, 2.24) is 15.0 Å². The van der Waals surface area contributed by atoms with Gasteiger partial charge < -0.3 is 9.47 Å². The number of para-hydroxylation sites is 1. The maximum atomic E-state index is 12.1. The highest BCUT2D eigenvalue weighted by Gasteiger charge is 2.11. The quantitative estimate of drug-likeness (QED) is 0.606. The Morgan fingerprint density at radius 1 is 1.27 bits per heavy atom. The Labute approximate surface area is 129 Å². The highest BCUT2D eigenvalue weighted by molar-refractivity contribution is 6.05. The predicted octanol–water partition coefficient (Wildman–Crippen LogP) is 2.77. The smallest absolute Gasteiger partial charge is 0.207 e. The third-order valence-corrected chi connectivity index (χ3v) is 3.14. The van der Waals surface area contributed by atoms with Gasteiger partial charge >= 0.3 is 0 Å². The second-order valence-corrected chi connectivity index (χ2v) is 4.96. The van der Waals surface area contributed by atoms with Gasteiger partial charge in [0.2, 0.25) is 5.78 Å². The van der Waals surface area contributed by atoms with Gasteiger partial charge in [0.05, 0.1) is 20.4 Å². The fraction of sp³-hybridized carbons (Fsp3) is 0.312. The molecule has 1 heterocycles. The van der Waals surface area contributed by atoms with Gasteiger partial charge in [0.15, 0.2) is 17.2 Å². The fourth-order valence-corrected chi connectivity index (χ4v) is 1.94. The molecule has 2 aromatic rings. The van der Waals surface area contributed by atoms with E-state index in [2.05, 4.69) is 10.3 Å². The van der Waals surface area contributed by atoms with Crippen molar-refractivity contribution in [3.05, 3.63) is 41.7 Å². The molecule has 0 fully saturated rings. The summed E-state index contributed by atoms with van der Waals surface area (Å²) in [5.74, 6) is 0.986. The van der Waals surface area contributed by atoms with E-state index in [1.54, 1.807) is 37.2 Å². The van der Waals surface area contributed by atoms with Gasteiger partial charge in [-0.1, -0.05) is 17.3 Å². The SMILES string of the molecule is COc1cccc(/C=C/C(=O)c2cn(C(C)C)nn2)c1OC. The van der Waals surface area contributed by atoms with Crippen molar-refractivity contribution in [3.63, 3.8) is 0 Å². The Hall–Kier alpha value is -2.63. The van der Waals surface area contributed by atoms with E-state index in [9.17, 15) is 4.79 Å². The zero-order chi connectivity index (χ0) is 16.1. The number of carbonyl (C=O) groups is 1. The first-order valence-electron chi connectivity index (χ1n) is 6.92. The van der Waals surface area contributed by atoms with Gasteiger partial charge in [0.1, 0.15) is 0 Å². The van der Waals surface area contributed by atoms with E-state index in [0.29, 0.717) is 17.2 Å². The molecule has 0 saturated heterocycles. The van der Waals surface area contributed by atoms with Crippen LogP contribution in [0.2, 0.25) is 0 Å². The lowest BCUT2D eigenvalue weighted by atomic mass is 10.1. The number of hydrogen-bond acceptors (Lipinski definition) is 5. The first kappa shape index (κ1) is 15.8. The molecule has 0 unspecified atom stereocenters. The number of nitrogens with zero attached hydrogens (tertiary/aromatic N) is 3. The minimum absolute atomic E-state index is 0.163. The van der Waals surface area contributed by atoms with Crippen molar-refractivity contribution in [2.75, 3.05) is 14.2 Å². The summed E-state index contributed by atoms with van der Waals surface area (Å²) in [6, 6.07) is 5.64. The minimum Gasteiger partial charge on any atom is -0.493 e. The fourth-order valence-electron chi connectivity index (χ4n) is 1.94. The van der Waals surface area contributed by atoms with Crippen LogP contribution in [0.4, 0.5) is 0 Å². The number of allylic oxidation sites excluding steroid dienone is 1. The number of rotatable bonds is 6. The molecule has 6 nitrogen and oxygen atoms in total. The van der Waals surface area contributed by atoms with E-state index in [1.165, 1.54) is 6.08 Å². The Morgan fingerprint density at radius 2 is 2.05 bits per heavy atom. The molecule has 116 valence electrons. The average molecular weight is 301 g/mol. The van der Waals surface area contributed by atoms with Crippen molar-refractivity contribution in [2.24, 2.45) is 0 Å². The molecule has 22 heavy (non-hydrogen) atoms. The Morgan fingerprint density at radius 3 is 2.64 bits per heavy atom. The molecule has 1 aromatic heterocycles. The molecule has 0 spiro atoms. The summed E-state index contributed by atoms with van der Waals surface area (Å²) < 4.78 is 12.2. The molecule has 0 radical (unpaired) electrons. The second kappa shape index (κ2) is 6.89. The highest BCUT2D eigenvalue weighted by Crippen LogP contribution is 2.31. The number of ether oxygens (including phenoxy) is 2. The molecule has 0 saturated carbocycles. The van der Waals surface area contributed by atoms with Crippen LogP contribution >= 0.6 is 0 Å². The molecular weight excluding hydrogens is 282 g/mol. The maximum Gasteiger partial charge on any atom is 0.207 e. The largest absolute Gasteiger partial charge is 0.493 e. The molecule has 0 aliphatic carbocycles. The first-order valence-corrected chi connectivity index (χ1v) is 6.92. The zero-order valence-corrected chi connectivity index (χ0v) is 13.1. The summed E-state index contributed by atoms with van der Waals surface area (Å²) >= 11 is 0. The van der Waals surface area contributed by atoms with E-state index < -0.39 is 0 Å². The van der Waals surface area contributed by atoms with E-state index in [1.807, 2.05) is 26.0 Å². The molecule has 2 rings (SSSR count). The summed E-state index contributed by atoms with van der Waals surface area (Å²) in [6.07, 6.45) is 4.77. The summed E-state index contributed by atoms with van der Waals surface area (Å²) in [6.45, 7) is 3.94. The van der Waals surface area contributed by atoms with Crippen LogP contribution < -0.4 is 9.47 Å². The monoisotopic (exact) mass is 301 g/mol. The van der Waals surface area contributed by atoms with Gasteiger partial charge in [-0.15, -0.1) is 5.10 Å². The van der Waals surface area contributed by atoms with Gasteiger partial charge in [-0.3, -0.25) is 4.79 Å². The first-order chi connectivity index (χ1) is 10.6. The molecule has 6 heteroatoms. The number of aromatic nitrogens is 3. The van der Waals surface area contributed by atoms with Crippen LogP contribution in [0, 0.1) is 0 Å². The molecule has 0 bridgehead atoms. The third-order valence-electron chi connectivity index (χ3n) is 3.14. The normalized spacial score (nSPS) is 11.1. The lowest BCUT2D eigenvalue weighted by Gasteiger charge is -2.09. The predicted molar refractivity (Wildman–Crippen MR) is 83.3 cm³/mol. The summed E-state index contributed by atoms with van der Waals surface area (Å²) in [7, 11) is 3.13. The van der Waals surface area contributed by atoms with Gasteiger partial charge in [-0.2, -0.15) is 0 Å². The van der Waals surface area contributed by atoms with E-state index in [4.69, 9.17) is 9.47 Å². The number of ketones is 1. The lowest BCUT2D eigenvalue weighted by molar-refractivity contribution is 0.104. The Bertz CT molecular complexity index is 690. The van der Waals surface area contributed by atoms with Crippen LogP contribution in [0.15, 0.2) is 30.5 Å². The van der Waals surface area contributed by atoms with Gasteiger partial charge in [-0.25, -0.2) is 4.68 Å². The maximum absolute atomic E-state index is 12.1. The number of benzene rings is 1. The van der Waals surface area contributed by atoms with Gasteiger partial charge in [0.25, 0.3) is 0 Å². The van der Waals surface area contributed by atoms with Crippen molar-refractivity contribution in [3.8, 4) is 11.5 Å². The van der Waals surface area contributed by atoms with Gasteiger partial charge in [0, 0.05) is 11.6 Å². The average Bonchev–Trinajstić information content (AvgIpc) is 3.02. The Balaban J connectivity index is 2.22. The number of methoxy groups -OCH3 is 2. The standard InChI is InChI=1S/C16H19N3O3/c1-11(2)19-10-13(17-18-19)14(20)9-8-12-6-5-7-15(21-3)16(12)22-4/h5-11H,1-4H3/b9-8+. The summed E-state index contributed by atoms with van der Waals surface area (Å²) in [5, 5.41) is 7.80. The molecular formula is C16H19N3O3. The van der Waals surface area contributed by atoms with Crippen LogP contribution in [0.3, 0.4) is 0 Å². The molecule has 0 aliphatic rings. The van der Waals surface area contributed by atoms with Crippen LogP contribution in [0.1, 0.15) is 35.9 Å². The lowest BCUT2D eigenvalue weighted by Crippen LogP contribution is -2.00. The van der Waals surface area contributed by atoms with E-state index in [0.717, 1.165) is 5.56 Å². The van der Waals surface area contributed by atoms with E-state index in [-0.39, 0.29) is 11.8 Å². The summed E-state index contributed by atoms with van der Waals surface area (Å²) in [4.78, 5) is 12.1. The Kier molecular flexibility index (Phi) is 4.93. The minimum atomic E-state index is -0.211. The van der Waals surface area contributed by atoms with Crippen LogP contribution in [-0.2, 0) is 0 Å². The molecule has 0 atom stereocenters. The third kappa shape index (κ3) is 3.33.